The molecule has 0 bridgehead atoms. The van der Waals surface area contributed by atoms with Crippen LogP contribution in [0.1, 0.15) is 13.3 Å². The molecule has 0 aromatic carbocycles. The normalized spacial score (nSPS) is 11.8. The summed E-state index contributed by atoms with van der Waals surface area (Å²) in [6, 6.07) is 0. The van der Waals surface area contributed by atoms with Crippen LogP contribution >= 0.6 is 0 Å². The van der Waals surface area contributed by atoms with Crippen molar-refractivity contribution >= 4 is 16.9 Å². The molecule has 1 atom stereocenters. The van der Waals surface area contributed by atoms with Gasteiger partial charge in [-0.3, -0.25) is 4.79 Å². The summed E-state index contributed by atoms with van der Waals surface area (Å²) < 4.78 is 0. The molecule has 4 heteroatoms. The zero-order valence-corrected chi connectivity index (χ0v) is 7.84. The van der Waals surface area contributed by atoms with E-state index >= 15 is 0 Å². The predicted molar refractivity (Wildman–Crippen MR) is 40.9 cm³/mol. The minimum Gasteiger partial charge on any atom is -1.00 e. The van der Waals surface area contributed by atoms with Gasteiger partial charge in [0, 0.05) is 0 Å². The molecule has 0 fully saturated rings. The van der Waals surface area contributed by atoms with Gasteiger partial charge in [-0.2, -0.15) is 0 Å². The van der Waals surface area contributed by atoms with E-state index < -0.39 is 5.97 Å². The van der Waals surface area contributed by atoms with Crippen molar-refractivity contribution in [2.45, 2.75) is 13.3 Å². The summed E-state index contributed by atoms with van der Waals surface area (Å²) in [4.78, 5) is 10.0. The molecular weight excluding hydrogens is 172 g/mol. The molecule has 2 nitrogen and oxygen atoms in total. The molecule has 0 aliphatic carbocycles. The van der Waals surface area contributed by atoms with Crippen molar-refractivity contribution in [1.82, 2.24) is 0 Å². The summed E-state index contributed by atoms with van der Waals surface area (Å²) in [5.41, 5.74) is 0. The number of aliphatic carboxylic acids is 1. The SMILES string of the molecule is CC[S+](C)CCC(=O)O.[Cl-]. The lowest BCUT2D eigenvalue weighted by Gasteiger charge is -1.95. The van der Waals surface area contributed by atoms with Crippen LogP contribution in [0.15, 0.2) is 0 Å². The first kappa shape index (κ1) is 12.8. The second kappa shape index (κ2) is 7.22. The van der Waals surface area contributed by atoms with Crippen LogP contribution in [0.3, 0.4) is 0 Å². The second-order valence-electron chi connectivity index (χ2n) is 1.92. The number of hydrogen-bond acceptors (Lipinski definition) is 1. The molecule has 0 rings (SSSR count). The van der Waals surface area contributed by atoms with Gasteiger partial charge in [-0.15, -0.1) is 0 Å². The van der Waals surface area contributed by atoms with Gasteiger partial charge in [0.05, 0.1) is 12.7 Å². The van der Waals surface area contributed by atoms with Crippen LogP contribution in [-0.4, -0.2) is 28.8 Å². The van der Waals surface area contributed by atoms with E-state index in [0.29, 0.717) is 17.3 Å². The minimum absolute atomic E-state index is 0. The third-order valence-electron chi connectivity index (χ3n) is 1.16. The Kier molecular flexibility index (Phi) is 9.21. The molecule has 0 aliphatic rings. The maximum absolute atomic E-state index is 10.0. The molecule has 10 heavy (non-hydrogen) atoms. The van der Waals surface area contributed by atoms with Crippen molar-refractivity contribution in [1.29, 1.82) is 0 Å². The lowest BCUT2D eigenvalue weighted by molar-refractivity contribution is -0.136. The first-order valence-corrected chi connectivity index (χ1v) is 4.95. The first-order chi connectivity index (χ1) is 4.16. The van der Waals surface area contributed by atoms with Crippen molar-refractivity contribution in [2.75, 3.05) is 17.8 Å². The first-order valence-electron chi connectivity index (χ1n) is 2.97. The Bertz CT molecular complexity index is 97.7. The summed E-state index contributed by atoms with van der Waals surface area (Å²) in [7, 11) is 0.322. The fraction of sp³-hybridized carbons (Fsp3) is 0.833. The lowest BCUT2D eigenvalue weighted by atomic mass is 10.5. The van der Waals surface area contributed by atoms with Gasteiger partial charge in [0.25, 0.3) is 0 Å². The van der Waals surface area contributed by atoms with E-state index in [1.165, 1.54) is 0 Å². The molecule has 62 valence electrons. The van der Waals surface area contributed by atoms with E-state index in [-0.39, 0.29) is 12.4 Å². The summed E-state index contributed by atoms with van der Waals surface area (Å²) in [5, 5.41) is 8.26. The molecule has 0 heterocycles. The Morgan fingerprint density at radius 3 is 2.40 bits per heavy atom. The average molecular weight is 185 g/mol. The van der Waals surface area contributed by atoms with E-state index in [9.17, 15) is 4.79 Å². The van der Waals surface area contributed by atoms with E-state index in [2.05, 4.69) is 13.2 Å². The van der Waals surface area contributed by atoms with Gasteiger partial charge in [0.15, 0.2) is 0 Å². The number of hydrogen-bond donors (Lipinski definition) is 1. The molecule has 0 radical (unpaired) electrons. The Morgan fingerprint density at radius 1 is 1.60 bits per heavy atom. The Hall–Kier alpha value is 0.110. The standard InChI is InChI=1S/C6H12O2S.ClH/c1-3-9(2)5-4-6(7)8;/h3-5H2,1-2H3;1H. The summed E-state index contributed by atoms with van der Waals surface area (Å²) in [6.45, 7) is 2.09. The molecule has 0 amide bonds. The Morgan fingerprint density at radius 2 is 2.10 bits per heavy atom. The molecule has 1 N–H and O–H groups in total. The molecular formula is C6H13ClO2S. The fourth-order valence-corrected chi connectivity index (χ4v) is 1.22. The van der Waals surface area contributed by atoms with Crippen molar-refractivity contribution in [3.8, 4) is 0 Å². The van der Waals surface area contributed by atoms with Crippen LogP contribution < -0.4 is 12.4 Å². The van der Waals surface area contributed by atoms with E-state index in [1.807, 2.05) is 0 Å². The van der Waals surface area contributed by atoms with Crippen LogP contribution in [0.5, 0.6) is 0 Å². The smallest absolute Gasteiger partial charge is 0.308 e. The molecule has 0 aliphatic heterocycles. The number of carboxylic acid groups (broad SMARTS) is 1. The van der Waals surface area contributed by atoms with Crippen molar-refractivity contribution in [3.05, 3.63) is 0 Å². The lowest BCUT2D eigenvalue weighted by Crippen LogP contribution is -3.00. The van der Waals surface area contributed by atoms with Crippen LogP contribution in [0, 0.1) is 0 Å². The third kappa shape index (κ3) is 8.11. The van der Waals surface area contributed by atoms with Crippen molar-refractivity contribution < 1.29 is 22.3 Å². The maximum Gasteiger partial charge on any atom is 0.308 e. The van der Waals surface area contributed by atoms with E-state index in [1.54, 1.807) is 0 Å². The van der Waals surface area contributed by atoms with Crippen molar-refractivity contribution in [3.63, 3.8) is 0 Å². The zero-order valence-electron chi connectivity index (χ0n) is 6.26. The number of rotatable bonds is 4. The van der Waals surface area contributed by atoms with E-state index in [0.717, 1.165) is 11.5 Å². The van der Waals surface area contributed by atoms with Gasteiger partial charge in [-0.25, -0.2) is 0 Å². The summed E-state index contributed by atoms with van der Waals surface area (Å²) in [6.07, 6.45) is 2.43. The number of carbonyl (C=O) groups is 1. The van der Waals surface area contributed by atoms with Gasteiger partial charge < -0.3 is 17.5 Å². The highest BCUT2D eigenvalue weighted by atomic mass is 35.5. The van der Waals surface area contributed by atoms with E-state index in [4.69, 9.17) is 5.11 Å². The van der Waals surface area contributed by atoms with Crippen LogP contribution in [0.4, 0.5) is 0 Å². The Balaban J connectivity index is 0. The van der Waals surface area contributed by atoms with Crippen LogP contribution in [-0.2, 0) is 15.7 Å². The summed E-state index contributed by atoms with van der Waals surface area (Å²) in [5.74, 6) is 1.27. The van der Waals surface area contributed by atoms with Gasteiger partial charge >= 0.3 is 5.97 Å². The van der Waals surface area contributed by atoms with Gasteiger partial charge in [-0.05, 0) is 17.8 Å². The molecule has 0 aromatic rings. The molecule has 0 saturated carbocycles. The molecule has 1 unspecified atom stereocenters. The largest absolute Gasteiger partial charge is 1.00 e. The fourth-order valence-electron chi connectivity index (χ4n) is 0.406. The maximum atomic E-state index is 10.0. The quantitative estimate of drug-likeness (QED) is 0.501. The van der Waals surface area contributed by atoms with Crippen LogP contribution in [0.25, 0.3) is 0 Å². The van der Waals surface area contributed by atoms with Crippen LogP contribution in [0.2, 0.25) is 0 Å². The van der Waals surface area contributed by atoms with Gasteiger partial charge in [-0.1, -0.05) is 0 Å². The number of carboxylic acids is 1. The zero-order chi connectivity index (χ0) is 7.28. The highest BCUT2D eigenvalue weighted by Gasteiger charge is 2.08. The Labute approximate surface area is 70.8 Å². The minimum atomic E-state index is -0.678. The highest BCUT2D eigenvalue weighted by molar-refractivity contribution is 7.96. The molecule has 0 saturated heterocycles. The average Bonchev–Trinajstić information content (AvgIpc) is 1.83. The molecule has 0 aromatic heterocycles. The topological polar surface area (TPSA) is 37.3 Å². The highest BCUT2D eigenvalue weighted by Crippen LogP contribution is 1.93. The van der Waals surface area contributed by atoms with Crippen molar-refractivity contribution in [2.24, 2.45) is 0 Å². The third-order valence-corrected chi connectivity index (χ3v) is 3.04. The monoisotopic (exact) mass is 184 g/mol. The van der Waals surface area contributed by atoms with Gasteiger partial charge in [0.1, 0.15) is 11.5 Å². The summed E-state index contributed by atoms with van der Waals surface area (Å²) >= 11 is 0. The predicted octanol–water partition coefficient (Wildman–Crippen LogP) is -2.27. The molecule has 0 spiro atoms. The van der Waals surface area contributed by atoms with Gasteiger partial charge in [0.2, 0.25) is 0 Å². The number of halogens is 1. The second-order valence-corrected chi connectivity index (χ2v) is 4.47.